The van der Waals surface area contributed by atoms with Gasteiger partial charge in [0, 0.05) is 10.6 Å². The second-order valence-electron chi connectivity index (χ2n) is 4.64. The fourth-order valence-corrected chi connectivity index (χ4v) is 2.77. The van der Waals surface area contributed by atoms with E-state index in [1.165, 1.54) is 16.0 Å². The summed E-state index contributed by atoms with van der Waals surface area (Å²) in [5.74, 6) is 0. The van der Waals surface area contributed by atoms with Crippen molar-refractivity contribution in [1.29, 1.82) is 0 Å². The molecule has 0 saturated heterocycles. The maximum Gasteiger partial charge on any atom is 0.0633 e. The van der Waals surface area contributed by atoms with Crippen LogP contribution in [0.4, 0.5) is 0 Å². The number of aryl methyl sites for hydroxylation is 1. The Morgan fingerprint density at radius 3 is 2.45 bits per heavy atom. The third kappa shape index (κ3) is 3.03. The molecule has 3 aromatic rings. The van der Waals surface area contributed by atoms with Crippen LogP contribution in [0.1, 0.15) is 17.0 Å². The van der Waals surface area contributed by atoms with Gasteiger partial charge < -0.3 is 0 Å². The Labute approximate surface area is 123 Å². The number of hydrogen-bond acceptors (Lipinski definition) is 2. The lowest BCUT2D eigenvalue weighted by Gasteiger charge is -1.99. The molecule has 0 aliphatic heterocycles. The molecule has 1 aromatic carbocycles. The summed E-state index contributed by atoms with van der Waals surface area (Å²) in [6.45, 7) is 2.01. The minimum Gasteiger partial charge on any atom is -0.254 e. The van der Waals surface area contributed by atoms with Crippen LogP contribution in [0.5, 0.6) is 0 Å². The zero-order valence-corrected chi connectivity index (χ0v) is 12.1. The van der Waals surface area contributed by atoms with Crippen LogP contribution in [0, 0.1) is 6.92 Å². The molecule has 20 heavy (non-hydrogen) atoms. The van der Waals surface area contributed by atoms with Gasteiger partial charge in [-0.1, -0.05) is 42.5 Å². The van der Waals surface area contributed by atoms with E-state index in [2.05, 4.69) is 52.8 Å². The molecule has 2 heterocycles. The summed E-state index contributed by atoms with van der Waals surface area (Å²) < 4.78 is 0. The highest BCUT2D eigenvalue weighted by molar-refractivity contribution is 7.13. The van der Waals surface area contributed by atoms with Gasteiger partial charge in [0.05, 0.1) is 5.69 Å². The third-order valence-corrected chi connectivity index (χ3v) is 3.99. The lowest BCUT2D eigenvalue weighted by Crippen LogP contribution is -1.83. The summed E-state index contributed by atoms with van der Waals surface area (Å²) in [5, 5.41) is 2.10. The molecule has 2 heteroatoms. The predicted molar refractivity (Wildman–Crippen MR) is 87.7 cm³/mol. The van der Waals surface area contributed by atoms with Crippen molar-refractivity contribution in [1.82, 2.24) is 4.98 Å². The largest absolute Gasteiger partial charge is 0.254 e. The Bertz CT molecular complexity index is 709. The molecule has 98 valence electrons. The van der Waals surface area contributed by atoms with Gasteiger partial charge in [-0.15, -0.1) is 11.3 Å². The SMILES string of the molecule is Cc1cccc(C=Cc2ccc(-c3cccs3)cc2)n1. The van der Waals surface area contributed by atoms with Crippen molar-refractivity contribution in [2.24, 2.45) is 0 Å². The highest BCUT2D eigenvalue weighted by Crippen LogP contribution is 2.24. The molecule has 2 aromatic heterocycles. The molecule has 0 unspecified atom stereocenters. The van der Waals surface area contributed by atoms with Crippen molar-refractivity contribution >= 4 is 23.5 Å². The van der Waals surface area contributed by atoms with Crippen molar-refractivity contribution in [3.05, 3.63) is 76.9 Å². The maximum absolute atomic E-state index is 4.46. The summed E-state index contributed by atoms with van der Waals surface area (Å²) in [7, 11) is 0. The van der Waals surface area contributed by atoms with Crippen LogP contribution in [-0.2, 0) is 0 Å². The molecule has 0 radical (unpaired) electrons. The molecule has 0 aliphatic carbocycles. The molecule has 0 atom stereocenters. The van der Waals surface area contributed by atoms with Gasteiger partial charge in [-0.25, -0.2) is 0 Å². The molecule has 0 saturated carbocycles. The van der Waals surface area contributed by atoms with E-state index in [9.17, 15) is 0 Å². The average molecular weight is 277 g/mol. The van der Waals surface area contributed by atoms with Gasteiger partial charge in [0.15, 0.2) is 0 Å². The fourth-order valence-electron chi connectivity index (χ4n) is 2.04. The first-order valence-corrected chi connectivity index (χ1v) is 7.45. The van der Waals surface area contributed by atoms with Crippen molar-refractivity contribution in [2.75, 3.05) is 0 Å². The number of benzene rings is 1. The molecule has 1 nitrogen and oxygen atoms in total. The average Bonchev–Trinajstić information content (AvgIpc) is 3.00. The minimum absolute atomic E-state index is 0.993. The van der Waals surface area contributed by atoms with Crippen LogP contribution in [-0.4, -0.2) is 4.98 Å². The highest BCUT2D eigenvalue weighted by Gasteiger charge is 1.97. The van der Waals surface area contributed by atoms with Gasteiger partial charge in [-0.05, 0) is 47.7 Å². The second-order valence-corrected chi connectivity index (χ2v) is 5.58. The summed E-state index contributed by atoms with van der Waals surface area (Å²) in [5.41, 5.74) is 4.49. The van der Waals surface area contributed by atoms with Gasteiger partial charge in [0.2, 0.25) is 0 Å². The van der Waals surface area contributed by atoms with Gasteiger partial charge in [-0.3, -0.25) is 4.98 Å². The first-order valence-electron chi connectivity index (χ1n) is 6.57. The van der Waals surface area contributed by atoms with E-state index in [1.54, 1.807) is 11.3 Å². The number of thiophene rings is 1. The van der Waals surface area contributed by atoms with Crippen molar-refractivity contribution in [3.63, 3.8) is 0 Å². The lowest BCUT2D eigenvalue weighted by atomic mass is 10.1. The van der Waals surface area contributed by atoms with Gasteiger partial charge >= 0.3 is 0 Å². The Balaban J connectivity index is 1.78. The smallest absolute Gasteiger partial charge is 0.0633 e. The topological polar surface area (TPSA) is 12.9 Å². The van der Waals surface area contributed by atoms with E-state index in [0.29, 0.717) is 0 Å². The standard InChI is InChI=1S/C18H15NS/c1-14-4-2-5-17(19-14)12-9-15-7-10-16(11-8-15)18-6-3-13-20-18/h2-13H,1H3. The summed E-state index contributed by atoms with van der Waals surface area (Å²) in [4.78, 5) is 5.77. The Kier molecular flexibility index (Phi) is 3.75. The molecular formula is C18H15NS. The van der Waals surface area contributed by atoms with Crippen molar-refractivity contribution in [2.45, 2.75) is 6.92 Å². The number of nitrogens with zero attached hydrogens (tertiary/aromatic N) is 1. The number of hydrogen-bond donors (Lipinski definition) is 0. The lowest BCUT2D eigenvalue weighted by molar-refractivity contribution is 1.18. The molecule has 0 fully saturated rings. The second kappa shape index (κ2) is 5.85. The van der Waals surface area contributed by atoms with Gasteiger partial charge in [-0.2, -0.15) is 0 Å². The van der Waals surface area contributed by atoms with E-state index >= 15 is 0 Å². The summed E-state index contributed by atoms with van der Waals surface area (Å²) in [6.07, 6.45) is 4.15. The van der Waals surface area contributed by atoms with Crippen LogP contribution in [0.2, 0.25) is 0 Å². The van der Waals surface area contributed by atoms with E-state index in [1.807, 2.05) is 31.2 Å². The molecule has 0 spiro atoms. The van der Waals surface area contributed by atoms with E-state index in [-0.39, 0.29) is 0 Å². The molecule has 0 N–H and O–H groups in total. The summed E-state index contributed by atoms with van der Waals surface area (Å²) in [6, 6.07) is 18.9. The van der Waals surface area contributed by atoms with E-state index in [4.69, 9.17) is 0 Å². The highest BCUT2D eigenvalue weighted by atomic mass is 32.1. The van der Waals surface area contributed by atoms with Crippen LogP contribution >= 0.6 is 11.3 Å². The minimum atomic E-state index is 0.993. The predicted octanol–water partition coefficient (Wildman–Crippen LogP) is 5.29. The zero-order chi connectivity index (χ0) is 13.8. The fraction of sp³-hybridized carbons (Fsp3) is 0.0556. The maximum atomic E-state index is 4.46. The van der Waals surface area contributed by atoms with Crippen molar-refractivity contribution in [3.8, 4) is 10.4 Å². The number of rotatable bonds is 3. The van der Waals surface area contributed by atoms with E-state index < -0.39 is 0 Å². The van der Waals surface area contributed by atoms with E-state index in [0.717, 1.165) is 11.4 Å². The van der Waals surface area contributed by atoms with Crippen LogP contribution in [0.3, 0.4) is 0 Å². The molecule has 0 bridgehead atoms. The van der Waals surface area contributed by atoms with Crippen LogP contribution < -0.4 is 0 Å². The Morgan fingerprint density at radius 2 is 1.75 bits per heavy atom. The summed E-state index contributed by atoms with van der Waals surface area (Å²) >= 11 is 1.77. The number of aromatic nitrogens is 1. The first kappa shape index (κ1) is 12.8. The van der Waals surface area contributed by atoms with Gasteiger partial charge in [0.1, 0.15) is 0 Å². The molecule has 3 rings (SSSR count). The normalized spacial score (nSPS) is 11.1. The third-order valence-electron chi connectivity index (χ3n) is 3.07. The molecule has 0 amide bonds. The first-order chi connectivity index (χ1) is 9.81. The monoisotopic (exact) mass is 277 g/mol. The van der Waals surface area contributed by atoms with Crippen molar-refractivity contribution < 1.29 is 0 Å². The number of pyridine rings is 1. The molecular weight excluding hydrogens is 262 g/mol. The van der Waals surface area contributed by atoms with Crippen LogP contribution in [0.25, 0.3) is 22.6 Å². The Hall–Kier alpha value is -2.19. The van der Waals surface area contributed by atoms with Gasteiger partial charge in [0.25, 0.3) is 0 Å². The van der Waals surface area contributed by atoms with Crippen LogP contribution in [0.15, 0.2) is 60.0 Å². The molecule has 0 aliphatic rings. The Morgan fingerprint density at radius 1 is 0.900 bits per heavy atom. The quantitative estimate of drug-likeness (QED) is 0.634. The zero-order valence-electron chi connectivity index (χ0n) is 11.3.